The van der Waals surface area contributed by atoms with E-state index in [2.05, 4.69) is 36.9 Å². The molecule has 0 aromatic heterocycles. The number of nitrogens with zero attached hydrogens (tertiary/aromatic N) is 2. The zero-order valence-electron chi connectivity index (χ0n) is 11.1. The predicted molar refractivity (Wildman–Crippen MR) is 70.1 cm³/mol. The molecule has 0 N–H and O–H groups in total. The van der Waals surface area contributed by atoms with Crippen molar-refractivity contribution >= 4 is 6.21 Å². The summed E-state index contributed by atoms with van der Waals surface area (Å²) >= 11 is 0. The van der Waals surface area contributed by atoms with Crippen LogP contribution in [-0.2, 0) is 0 Å². The average Bonchev–Trinajstić information content (AvgIpc) is 2.26. The number of rotatable bonds is 1. The summed E-state index contributed by atoms with van der Waals surface area (Å²) in [7, 11) is 0. The molecule has 0 spiro atoms. The Labute approximate surface area is 95.4 Å². The normalized spacial score (nSPS) is 13.4. The van der Waals surface area contributed by atoms with Crippen LogP contribution >= 0.6 is 0 Å². The molecule has 0 aliphatic carbocycles. The van der Waals surface area contributed by atoms with Gasteiger partial charge in [-0.05, 0) is 26.5 Å². The third-order valence-electron chi connectivity index (χ3n) is 2.05. The summed E-state index contributed by atoms with van der Waals surface area (Å²) in [4.78, 5) is 6.53. The molecule has 1 aliphatic rings. The van der Waals surface area contributed by atoms with Gasteiger partial charge in [0.25, 0.3) is 0 Å². The first-order valence-electron chi connectivity index (χ1n) is 4.65. The van der Waals surface area contributed by atoms with Crippen molar-refractivity contribution in [3.05, 3.63) is 44.4 Å². The molecular weight excluding hydrogens is 446 g/mol. The topological polar surface area (TPSA) is 15.6 Å². The maximum atomic E-state index is 4.33. The Hall–Kier alpha value is -2.18. The van der Waals surface area contributed by atoms with Crippen LogP contribution in [-0.4, -0.2) is 17.7 Å². The minimum absolute atomic E-state index is 0. The van der Waals surface area contributed by atoms with Gasteiger partial charge in [0.05, 0.1) is 0 Å². The maximum absolute atomic E-state index is 4.33. The van der Waals surface area contributed by atoms with Crippen molar-refractivity contribution < 1.29 is 0 Å². The molecule has 0 atom stereocenters. The molecule has 2 nitrogen and oxygen atoms in total. The standard InChI is InChI=1S/C11H17N2.2CH3.Lr/c1-5-13-7-6-10(4)12-8-11(13)9(2)3;;;/h6-8H,5H2,1-4H3;2*1H3;/q3*-1;. The van der Waals surface area contributed by atoms with Crippen molar-refractivity contribution in [1.82, 2.24) is 4.90 Å². The van der Waals surface area contributed by atoms with Gasteiger partial charge in [0.1, 0.15) is 0 Å². The van der Waals surface area contributed by atoms with Crippen molar-refractivity contribution in [2.75, 3.05) is 6.54 Å². The fourth-order valence-electron chi connectivity index (χ4n) is 1.25. The second-order valence-corrected chi connectivity index (χ2v) is 3.39. The van der Waals surface area contributed by atoms with E-state index in [1.807, 2.05) is 19.2 Å². The molecule has 3 heteroatoms. The smallest absolute Gasteiger partial charge is 0.00641 e. The monoisotopic (exact) mass is 469 g/mol. The van der Waals surface area contributed by atoms with Gasteiger partial charge in [-0.25, -0.2) is 0 Å². The number of hydrogen-bond acceptors (Lipinski definition) is 2. The summed E-state index contributed by atoms with van der Waals surface area (Å²) in [6.07, 6.45) is 6.06. The van der Waals surface area contributed by atoms with Crippen molar-refractivity contribution in [2.45, 2.75) is 27.7 Å². The van der Waals surface area contributed by atoms with E-state index in [0.717, 1.165) is 12.6 Å². The van der Waals surface area contributed by atoms with E-state index in [9.17, 15) is 0 Å². The summed E-state index contributed by atoms with van der Waals surface area (Å²) in [6, 6.07) is 1.05. The van der Waals surface area contributed by atoms with Crippen LogP contribution in [0.4, 0.5) is 0 Å². The minimum atomic E-state index is 0. The third-order valence-corrected chi connectivity index (χ3v) is 2.05. The Kier molecular flexibility index (Phi) is 9.89. The fraction of sp³-hybridized carbons (Fsp3) is 0.385. The SMILES string of the molecule is CCN1C=C[C-](C)N=CC1=C(C)C.[CH3-].[CH3-].[Lr]. The van der Waals surface area contributed by atoms with Gasteiger partial charge in [-0.2, -0.15) is 0 Å². The van der Waals surface area contributed by atoms with Crippen LogP contribution in [0.15, 0.2) is 28.5 Å². The Morgan fingerprint density at radius 1 is 1.38 bits per heavy atom. The van der Waals surface area contributed by atoms with Crippen molar-refractivity contribution in [3.63, 3.8) is 0 Å². The van der Waals surface area contributed by atoms with Gasteiger partial charge < -0.3 is 24.7 Å². The molecule has 0 unspecified atom stereocenters. The molecule has 1 heterocycles. The van der Waals surface area contributed by atoms with Crippen molar-refractivity contribution in [2.24, 2.45) is 4.99 Å². The molecule has 103 valence electrons. The van der Waals surface area contributed by atoms with Gasteiger partial charge >= 0.3 is 0 Å². The fourth-order valence-corrected chi connectivity index (χ4v) is 1.25. The Morgan fingerprint density at radius 3 is 2.38 bits per heavy atom. The van der Waals surface area contributed by atoms with E-state index in [-0.39, 0.29) is 14.9 Å². The maximum Gasteiger partial charge on any atom is 0.00641 e. The summed E-state index contributed by atoms with van der Waals surface area (Å²) in [5.41, 5.74) is 2.50. The van der Waals surface area contributed by atoms with Gasteiger partial charge in [0, 0.05) is 6.54 Å². The molecule has 0 saturated carbocycles. The van der Waals surface area contributed by atoms with E-state index in [0.29, 0.717) is 0 Å². The second-order valence-electron chi connectivity index (χ2n) is 3.39. The Morgan fingerprint density at radius 2 is 1.94 bits per heavy atom. The third kappa shape index (κ3) is 4.36. The van der Waals surface area contributed by atoms with Crippen LogP contribution in [0.3, 0.4) is 0 Å². The Bertz CT molecular complexity index is 263. The summed E-state index contributed by atoms with van der Waals surface area (Å²) in [5.74, 6) is 0. The van der Waals surface area contributed by atoms with Crippen LogP contribution < -0.4 is 0 Å². The molecule has 0 fully saturated rings. The first-order chi connectivity index (χ1) is 6.15. The van der Waals surface area contributed by atoms with Gasteiger partial charge in [0.2, 0.25) is 0 Å². The molecular formula is C13H23LrN2-3. The van der Waals surface area contributed by atoms with Gasteiger partial charge in [-0.3, -0.25) is 0 Å². The van der Waals surface area contributed by atoms with Gasteiger partial charge in [-0.1, -0.05) is 31.0 Å². The zero-order chi connectivity index (χ0) is 9.84. The van der Waals surface area contributed by atoms with E-state index in [1.165, 1.54) is 11.3 Å². The molecule has 0 aromatic rings. The quantitative estimate of drug-likeness (QED) is 0.536. The van der Waals surface area contributed by atoms with E-state index in [4.69, 9.17) is 0 Å². The van der Waals surface area contributed by atoms with Crippen LogP contribution in [0.25, 0.3) is 0 Å². The molecule has 1 rings (SSSR count). The molecule has 1 aliphatic heterocycles. The van der Waals surface area contributed by atoms with Gasteiger partial charge in [-0.15, -0.1) is 6.08 Å². The van der Waals surface area contributed by atoms with Crippen LogP contribution in [0.5, 0.6) is 0 Å². The molecule has 0 saturated heterocycles. The first-order valence-corrected chi connectivity index (χ1v) is 4.65. The average molecular weight is 469 g/mol. The van der Waals surface area contributed by atoms with Crippen LogP contribution in [0.1, 0.15) is 27.7 Å². The summed E-state index contributed by atoms with van der Waals surface area (Å²) < 4.78 is 0. The molecule has 0 amide bonds. The van der Waals surface area contributed by atoms with Gasteiger partial charge in [0.15, 0.2) is 0 Å². The van der Waals surface area contributed by atoms with Crippen molar-refractivity contribution in [3.8, 4) is 0 Å². The molecule has 0 aromatic carbocycles. The largest absolute Gasteiger partial charge is 0.410 e. The Balaban J connectivity index is -0.000000563. The number of aliphatic imine (C=N–C) groups is 1. The summed E-state index contributed by atoms with van der Waals surface area (Å²) in [6.45, 7) is 9.35. The number of hydrogen-bond donors (Lipinski definition) is 0. The molecule has 0 bridgehead atoms. The molecule has 1 radical (unpaired) electrons. The zero-order valence-corrected chi connectivity index (χ0v) is 13.2. The van der Waals surface area contributed by atoms with Crippen molar-refractivity contribution in [1.29, 1.82) is 0 Å². The van der Waals surface area contributed by atoms with E-state index >= 15 is 0 Å². The number of allylic oxidation sites excluding steroid dienone is 2. The first kappa shape index (κ1) is 19.4. The van der Waals surface area contributed by atoms with E-state index in [1.54, 1.807) is 0 Å². The minimum Gasteiger partial charge on any atom is -0.410 e. The van der Waals surface area contributed by atoms with Crippen LogP contribution in [0.2, 0.25) is 0 Å². The van der Waals surface area contributed by atoms with Crippen LogP contribution in [0, 0.1) is 20.9 Å². The summed E-state index contributed by atoms with van der Waals surface area (Å²) in [5, 5.41) is 0. The predicted octanol–water partition coefficient (Wildman–Crippen LogP) is 3.65. The molecule has 16 heavy (non-hydrogen) atoms. The second kappa shape index (κ2) is 8.16. The van der Waals surface area contributed by atoms with E-state index < -0.39 is 0 Å².